The number of aromatic nitrogens is 3. The van der Waals surface area contributed by atoms with E-state index in [2.05, 4.69) is 10.2 Å². The lowest BCUT2D eigenvalue weighted by Gasteiger charge is -2.12. The van der Waals surface area contributed by atoms with E-state index in [9.17, 15) is 9.90 Å². The second-order valence-corrected chi connectivity index (χ2v) is 5.86. The van der Waals surface area contributed by atoms with Gasteiger partial charge < -0.3 is 19.1 Å². The number of nitrogens with zero attached hydrogens (tertiary/aromatic N) is 3. The Labute approximate surface area is 150 Å². The Morgan fingerprint density at radius 3 is 2.42 bits per heavy atom. The van der Waals surface area contributed by atoms with E-state index in [4.69, 9.17) is 9.47 Å². The first-order valence-electron chi connectivity index (χ1n) is 8.04. The first-order valence-corrected chi connectivity index (χ1v) is 8.04. The first-order chi connectivity index (χ1) is 12.5. The number of rotatable bonds is 7. The molecule has 0 saturated heterocycles. The van der Waals surface area contributed by atoms with Crippen LogP contribution >= 0.6 is 0 Å². The highest BCUT2D eigenvalue weighted by atomic mass is 16.5. The van der Waals surface area contributed by atoms with Gasteiger partial charge in [-0.05, 0) is 30.2 Å². The van der Waals surface area contributed by atoms with Gasteiger partial charge in [-0.2, -0.15) is 0 Å². The van der Waals surface area contributed by atoms with Crippen LogP contribution in [0.3, 0.4) is 0 Å². The van der Waals surface area contributed by atoms with E-state index in [0.29, 0.717) is 23.9 Å². The number of hydrogen-bond acceptors (Lipinski definition) is 5. The van der Waals surface area contributed by atoms with Gasteiger partial charge in [-0.3, -0.25) is 0 Å². The summed E-state index contributed by atoms with van der Waals surface area (Å²) in [6.07, 6.45) is 1.57. The summed E-state index contributed by atoms with van der Waals surface area (Å²) in [6.45, 7) is 2.52. The fourth-order valence-electron chi connectivity index (χ4n) is 2.38. The van der Waals surface area contributed by atoms with E-state index in [0.717, 1.165) is 11.1 Å². The largest absolute Gasteiger partial charge is 0.489 e. The molecule has 0 amide bonds. The molecular formula is C19H19N3O4. The van der Waals surface area contributed by atoms with Gasteiger partial charge in [0.15, 0.2) is 5.82 Å². The maximum atomic E-state index is 11.4. The Hall–Kier alpha value is -3.35. The van der Waals surface area contributed by atoms with Crippen LogP contribution in [0.5, 0.6) is 11.5 Å². The number of benzene rings is 2. The van der Waals surface area contributed by atoms with Crippen LogP contribution in [-0.4, -0.2) is 25.8 Å². The molecule has 1 aromatic heterocycles. The van der Waals surface area contributed by atoms with E-state index in [1.807, 2.05) is 38.2 Å². The SMILES string of the molecule is Cc1ccccc1COc1cc(OCc2nncn2C)cc(C(=O)O)c1. The third-order valence-electron chi connectivity index (χ3n) is 3.96. The molecule has 0 unspecified atom stereocenters. The normalized spacial score (nSPS) is 10.5. The molecule has 134 valence electrons. The van der Waals surface area contributed by atoms with Gasteiger partial charge in [-0.15, -0.1) is 10.2 Å². The van der Waals surface area contributed by atoms with Crippen molar-refractivity contribution in [3.8, 4) is 11.5 Å². The van der Waals surface area contributed by atoms with E-state index in [1.54, 1.807) is 17.0 Å². The average molecular weight is 353 g/mol. The lowest BCUT2D eigenvalue weighted by Crippen LogP contribution is -2.05. The van der Waals surface area contributed by atoms with Gasteiger partial charge in [0.05, 0.1) is 5.56 Å². The quantitative estimate of drug-likeness (QED) is 0.703. The molecule has 0 aliphatic carbocycles. The van der Waals surface area contributed by atoms with Gasteiger partial charge in [0.2, 0.25) is 0 Å². The smallest absolute Gasteiger partial charge is 0.335 e. The van der Waals surface area contributed by atoms with E-state index >= 15 is 0 Å². The summed E-state index contributed by atoms with van der Waals surface area (Å²) in [5.41, 5.74) is 2.25. The molecule has 7 heteroatoms. The molecule has 0 fully saturated rings. The monoisotopic (exact) mass is 353 g/mol. The number of carboxylic acid groups (broad SMARTS) is 1. The van der Waals surface area contributed by atoms with Gasteiger partial charge in [0, 0.05) is 13.1 Å². The molecule has 1 N–H and O–H groups in total. The number of carboxylic acids is 1. The zero-order chi connectivity index (χ0) is 18.5. The van der Waals surface area contributed by atoms with Crippen molar-refractivity contribution in [2.24, 2.45) is 7.05 Å². The second kappa shape index (κ2) is 7.69. The summed E-state index contributed by atoms with van der Waals surface area (Å²) < 4.78 is 13.2. The molecule has 0 saturated carbocycles. The van der Waals surface area contributed by atoms with Crippen LogP contribution in [0.1, 0.15) is 27.3 Å². The Bertz CT molecular complexity index is 921. The fourth-order valence-corrected chi connectivity index (χ4v) is 2.38. The summed E-state index contributed by atoms with van der Waals surface area (Å²) in [6, 6.07) is 12.5. The molecule has 3 rings (SSSR count). The van der Waals surface area contributed by atoms with E-state index < -0.39 is 5.97 Å². The van der Waals surface area contributed by atoms with Crippen LogP contribution in [0.2, 0.25) is 0 Å². The molecule has 1 heterocycles. The van der Waals surface area contributed by atoms with Crippen molar-refractivity contribution < 1.29 is 19.4 Å². The molecule has 0 radical (unpaired) electrons. The molecule has 0 aliphatic rings. The van der Waals surface area contributed by atoms with Gasteiger partial charge in [0.1, 0.15) is 31.0 Å². The molecular weight excluding hydrogens is 334 g/mol. The van der Waals surface area contributed by atoms with Gasteiger partial charge >= 0.3 is 5.97 Å². The number of aromatic carboxylic acids is 1. The standard InChI is InChI=1S/C19H19N3O4/c1-13-5-3-4-6-14(13)10-25-16-7-15(19(23)24)8-17(9-16)26-11-18-21-20-12-22(18)2/h3-9,12H,10-11H2,1-2H3,(H,23,24). The minimum atomic E-state index is -1.05. The van der Waals surface area contributed by atoms with E-state index in [-0.39, 0.29) is 12.2 Å². The Balaban J connectivity index is 1.76. The first kappa shape index (κ1) is 17.5. The molecule has 0 spiro atoms. The third-order valence-corrected chi connectivity index (χ3v) is 3.96. The zero-order valence-corrected chi connectivity index (χ0v) is 14.5. The Kier molecular flexibility index (Phi) is 5.17. The molecule has 0 bridgehead atoms. The van der Waals surface area contributed by atoms with Crippen LogP contribution in [0.25, 0.3) is 0 Å². The molecule has 26 heavy (non-hydrogen) atoms. The predicted molar refractivity (Wildman–Crippen MR) is 94.2 cm³/mol. The highest BCUT2D eigenvalue weighted by molar-refractivity contribution is 5.88. The minimum Gasteiger partial charge on any atom is -0.489 e. The number of aryl methyl sites for hydroxylation is 2. The number of carbonyl (C=O) groups is 1. The van der Waals surface area contributed by atoms with Crippen molar-refractivity contribution in [1.29, 1.82) is 0 Å². The predicted octanol–water partition coefficient (Wildman–Crippen LogP) is 2.98. The summed E-state index contributed by atoms with van der Waals surface area (Å²) in [7, 11) is 1.81. The lowest BCUT2D eigenvalue weighted by atomic mass is 10.1. The van der Waals surface area contributed by atoms with Crippen LogP contribution in [0.4, 0.5) is 0 Å². The highest BCUT2D eigenvalue weighted by Gasteiger charge is 2.11. The van der Waals surface area contributed by atoms with Crippen molar-refractivity contribution in [3.05, 3.63) is 71.3 Å². The Morgan fingerprint density at radius 2 is 1.81 bits per heavy atom. The summed E-state index contributed by atoms with van der Waals surface area (Å²) in [5.74, 6) is 0.414. The van der Waals surface area contributed by atoms with Gasteiger partial charge in [0.25, 0.3) is 0 Å². The number of hydrogen-bond donors (Lipinski definition) is 1. The molecule has 7 nitrogen and oxygen atoms in total. The van der Waals surface area contributed by atoms with Gasteiger partial charge in [-0.1, -0.05) is 24.3 Å². The zero-order valence-electron chi connectivity index (χ0n) is 14.5. The minimum absolute atomic E-state index is 0.0975. The fraction of sp³-hybridized carbons (Fsp3) is 0.211. The maximum Gasteiger partial charge on any atom is 0.335 e. The van der Waals surface area contributed by atoms with Gasteiger partial charge in [-0.25, -0.2) is 4.79 Å². The van der Waals surface area contributed by atoms with E-state index in [1.165, 1.54) is 12.1 Å². The Morgan fingerprint density at radius 1 is 1.12 bits per heavy atom. The second-order valence-electron chi connectivity index (χ2n) is 5.86. The number of ether oxygens (including phenoxy) is 2. The third kappa shape index (κ3) is 4.18. The molecule has 0 atom stereocenters. The maximum absolute atomic E-state index is 11.4. The van der Waals surface area contributed by atoms with Crippen molar-refractivity contribution in [2.45, 2.75) is 20.1 Å². The lowest BCUT2D eigenvalue weighted by molar-refractivity contribution is 0.0695. The summed E-state index contributed by atoms with van der Waals surface area (Å²) in [4.78, 5) is 11.4. The van der Waals surface area contributed by atoms with Crippen LogP contribution in [0, 0.1) is 6.92 Å². The molecule has 0 aliphatic heterocycles. The van der Waals surface area contributed by atoms with Crippen molar-refractivity contribution in [3.63, 3.8) is 0 Å². The summed E-state index contributed by atoms with van der Waals surface area (Å²) >= 11 is 0. The molecule has 3 aromatic rings. The van der Waals surface area contributed by atoms with Crippen molar-refractivity contribution in [1.82, 2.24) is 14.8 Å². The van der Waals surface area contributed by atoms with Crippen LogP contribution in [0.15, 0.2) is 48.8 Å². The summed E-state index contributed by atoms with van der Waals surface area (Å²) in [5, 5.41) is 17.0. The topological polar surface area (TPSA) is 86.5 Å². The van der Waals surface area contributed by atoms with Crippen molar-refractivity contribution in [2.75, 3.05) is 0 Å². The average Bonchev–Trinajstić information content (AvgIpc) is 3.04. The highest BCUT2D eigenvalue weighted by Crippen LogP contribution is 2.25. The van der Waals surface area contributed by atoms with Crippen LogP contribution < -0.4 is 9.47 Å². The van der Waals surface area contributed by atoms with Crippen molar-refractivity contribution >= 4 is 5.97 Å². The molecule has 2 aromatic carbocycles. The van der Waals surface area contributed by atoms with Crippen LogP contribution in [-0.2, 0) is 20.3 Å².